The summed E-state index contributed by atoms with van der Waals surface area (Å²) in [6.45, 7) is 11.1. The van der Waals surface area contributed by atoms with Crippen LogP contribution in [0.4, 0.5) is 0 Å². The van der Waals surface area contributed by atoms with Gasteiger partial charge in [-0.05, 0) is 79.4 Å². The van der Waals surface area contributed by atoms with Crippen molar-refractivity contribution in [2.75, 3.05) is 0 Å². The first-order chi connectivity index (χ1) is 14.1. The maximum Gasteiger partial charge on any atom is 0.137 e. The molecule has 0 unspecified atom stereocenters. The lowest BCUT2D eigenvalue weighted by Gasteiger charge is -2.58. The number of Topliss-reactive ketones (excluding diaryl/α,β-unsaturated/α-hetero) is 2. The van der Waals surface area contributed by atoms with E-state index in [1.54, 1.807) is 0 Å². The Bertz CT molecular complexity index is 736. The van der Waals surface area contributed by atoms with Crippen molar-refractivity contribution in [3.8, 4) is 0 Å². The molecule has 168 valence electrons. The third-order valence-electron chi connectivity index (χ3n) is 9.97. The maximum atomic E-state index is 13.3. The van der Waals surface area contributed by atoms with Gasteiger partial charge in [-0.25, -0.2) is 0 Å². The van der Waals surface area contributed by atoms with Gasteiger partial charge in [-0.15, -0.1) is 0 Å². The Morgan fingerprint density at radius 2 is 1.87 bits per heavy atom. The van der Waals surface area contributed by atoms with E-state index in [1.807, 2.05) is 6.92 Å². The predicted molar refractivity (Wildman–Crippen MR) is 120 cm³/mol. The van der Waals surface area contributed by atoms with E-state index in [1.165, 1.54) is 5.57 Å². The minimum Gasteiger partial charge on any atom is -0.393 e. The van der Waals surface area contributed by atoms with Gasteiger partial charge in [0.1, 0.15) is 11.6 Å². The summed E-state index contributed by atoms with van der Waals surface area (Å²) in [6.07, 6.45) is 10.6. The molecule has 4 rings (SSSR count). The van der Waals surface area contributed by atoms with Gasteiger partial charge in [-0.1, -0.05) is 46.3 Å². The van der Waals surface area contributed by atoms with Crippen molar-refractivity contribution >= 4 is 11.6 Å². The smallest absolute Gasteiger partial charge is 0.137 e. The molecule has 4 aliphatic rings. The molecule has 3 heteroatoms. The number of aliphatic hydroxyl groups is 1. The molecule has 0 heterocycles. The van der Waals surface area contributed by atoms with Crippen LogP contribution >= 0.6 is 0 Å². The Balaban J connectivity index is 1.57. The zero-order valence-electron chi connectivity index (χ0n) is 19.7. The molecule has 4 aliphatic carbocycles. The first kappa shape index (κ1) is 22.2. The molecule has 0 aromatic rings. The molecule has 0 aromatic carbocycles. The lowest BCUT2D eigenvalue weighted by Crippen LogP contribution is -2.51. The van der Waals surface area contributed by atoms with Crippen molar-refractivity contribution in [3.63, 3.8) is 0 Å². The number of ketones is 2. The lowest BCUT2D eigenvalue weighted by atomic mass is 9.47. The summed E-state index contributed by atoms with van der Waals surface area (Å²) in [5.74, 6) is 2.54. The zero-order chi connectivity index (χ0) is 21.8. The number of hydrogen-bond donors (Lipinski definition) is 1. The second-order valence-electron chi connectivity index (χ2n) is 12.0. The van der Waals surface area contributed by atoms with E-state index in [0.717, 1.165) is 44.9 Å². The SMILES string of the molecule is CC(C)CCC(=O)[C@@H](C)[C@H]1C(=O)C[C@H]2[C@@H]3CC=C4C[C@@H](O)CC[C@]4(C)[C@H]3CC[C@]12C. The molecule has 0 radical (unpaired) electrons. The minimum atomic E-state index is -0.176. The molecule has 3 fully saturated rings. The van der Waals surface area contributed by atoms with Crippen LogP contribution in [0, 0.1) is 46.3 Å². The topological polar surface area (TPSA) is 54.4 Å². The highest BCUT2D eigenvalue weighted by molar-refractivity contribution is 5.92. The Hall–Kier alpha value is -0.960. The summed E-state index contributed by atoms with van der Waals surface area (Å²) < 4.78 is 0. The van der Waals surface area contributed by atoms with E-state index in [0.29, 0.717) is 48.1 Å². The molecule has 0 bridgehead atoms. The Labute approximate surface area is 183 Å². The van der Waals surface area contributed by atoms with Gasteiger partial charge < -0.3 is 5.11 Å². The van der Waals surface area contributed by atoms with Crippen molar-refractivity contribution in [1.29, 1.82) is 0 Å². The van der Waals surface area contributed by atoms with Crippen LogP contribution in [0.2, 0.25) is 0 Å². The summed E-state index contributed by atoms with van der Waals surface area (Å²) >= 11 is 0. The standard InChI is InChI=1S/C27H42O3/c1-16(2)6-9-23(29)17(3)25-24(30)15-22-20-8-7-18-14-19(28)10-12-26(18,4)21(20)11-13-27(22,25)5/h7,16-17,19-22,25,28H,6,8-15H2,1-5H3/t17-,19+,20-,21+,22+,25+,26+,27+/m1/s1. The highest BCUT2D eigenvalue weighted by Gasteiger charge is 2.62. The van der Waals surface area contributed by atoms with Crippen LogP contribution in [0.5, 0.6) is 0 Å². The van der Waals surface area contributed by atoms with Crippen LogP contribution in [0.1, 0.15) is 92.4 Å². The number of carbonyl (C=O) groups excluding carboxylic acids is 2. The number of allylic oxidation sites excluding steroid dienone is 1. The van der Waals surface area contributed by atoms with Gasteiger partial charge >= 0.3 is 0 Å². The molecular weight excluding hydrogens is 372 g/mol. The van der Waals surface area contributed by atoms with Crippen LogP contribution in [-0.4, -0.2) is 22.8 Å². The molecule has 8 atom stereocenters. The van der Waals surface area contributed by atoms with Crippen molar-refractivity contribution in [2.45, 2.75) is 98.5 Å². The van der Waals surface area contributed by atoms with Crippen LogP contribution in [0.25, 0.3) is 0 Å². The fraction of sp³-hybridized carbons (Fsp3) is 0.852. The molecule has 3 nitrogen and oxygen atoms in total. The first-order valence-corrected chi connectivity index (χ1v) is 12.5. The molecule has 0 aromatic heterocycles. The Morgan fingerprint density at radius 3 is 2.57 bits per heavy atom. The average Bonchev–Trinajstić information content (AvgIpc) is 2.96. The quantitative estimate of drug-likeness (QED) is 0.583. The number of fused-ring (bicyclic) bond motifs is 5. The molecule has 0 amide bonds. The van der Waals surface area contributed by atoms with E-state index in [9.17, 15) is 14.7 Å². The molecule has 1 N–H and O–H groups in total. The van der Waals surface area contributed by atoms with Crippen LogP contribution in [0.15, 0.2) is 11.6 Å². The monoisotopic (exact) mass is 414 g/mol. The zero-order valence-corrected chi connectivity index (χ0v) is 19.7. The summed E-state index contributed by atoms with van der Waals surface area (Å²) in [5, 5.41) is 10.2. The predicted octanol–water partition coefficient (Wildman–Crippen LogP) is 5.75. The average molecular weight is 415 g/mol. The number of aliphatic hydroxyl groups excluding tert-OH is 1. The first-order valence-electron chi connectivity index (χ1n) is 12.5. The summed E-state index contributed by atoms with van der Waals surface area (Å²) in [6, 6.07) is 0. The fourth-order valence-electron chi connectivity index (χ4n) is 8.17. The molecule has 0 saturated heterocycles. The van der Waals surface area contributed by atoms with Gasteiger partial charge in [0.2, 0.25) is 0 Å². The molecule has 3 saturated carbocycles. The number of carbonyl (C=O) groups is 2. The van der Waals surface area contributed by atoms with Crippen LogP contribution < -0.4 is 0 Å². The van der Waals surface area contributed by atoms with E-state index in [4.69, 9.17) is 0 Å². The third-order valence-corrected chi connectivity index (χ3v) is 9.97. The fourth-order valence-corrected chi connectivity index (χ4v) is 8.17. The van der Waals surface area contributed by atoms with Crippen molar-refractivity contribution in [1.82, 2.24) is 0 Å². The van der Waals surface area contributed by atoms with E-state index < -0.39 is 0 Å². The van der Waals surface area contributed by atoms with Gasteiger partial charge in [0.05, 0.1) is 6.10 Å². The molecule has 30 heavy (non-hydrogen) atoms. The molecule has 0 aliphatic heterocycles. The number of rotatable bonds is 5. The minimum absolute atomic E-state index is 0.0267. The van der Waals surface area contributed by atoms with Crippen molar-refractivity contribution in [3.05, 3.63) is 11.6 Å². The molecular formula is C27H42O3. The van der Waals surface area contributed by atoms with Gasteiger partial charge in [0.15, 0.2) is 0 Å². The van der Waals surface area contributed by atoms with Gasteiger partial charge in [0.25, 0.3) is 0 Å². The van der Waals surface area contributed by atoms with Gasteiger partial charge in [-0.2, -0.15) is 0 Å². The second-order valence-corrected chi connectivity index (χ2v) is 12.0. The molecule has 0 spiro atoms. The largest absolute Gasteiger partial charge is 0.393 e. The van der Waals surface area contributed by atoms with Crippen molar-refractivity contribution in [2.24, 2.45) is 46.3 Å². The Kier molecular flexibility index (Phi) is 5.83. The van der Waals surface area contributed by atoms with Gasteiger partial charge in [0, 0.05) is 24.7 Å². The van der Waals surface area contributed by atoms with Crippen LogP contribution in [0.3, 0.4) is 0 Å². The third kappa shape index (κ3) is 3.44. The summed E-state index contributed by atoms with van der Waals surface area (Å²) in [7, 11) is 0. The van der Waals surface area contributed by atoms with E-state index in [-0.39, 0.29) is 28.8 Å². The number of hydrogen-bond acceptors (Lipinski definition) is 3. The van der Waals surface area contributed by atoms with E-state index in [2.05, 4.69) is 33.8 Å². The summed E-state index contributed by atoms with van der Waals surface area (Å²) in [4.78, 5) is 26.3. The Morgan fingerprint density at radius 1 is 1.13 bits per heavy atom. The van der Waals surface area contributed by atoms with Crippen LogP contribution in [-0.2, 0) is 9.59 Å². The summed E-state index contributed by atoms with van der Waals surface area (Å²) in [5.41, 5.74) is 1.65. The highest BCUT2D eigenvalue weighted by atomic mass is 16.3. The normalized spacial score (nSPS) is 44.2. The van der Waals surface area contributed by atoms with Gasteiger partial charge in [-0.3, -0.25) is 9.59 Å². The highest BCUT2D eigenvalue weighted by Crippen LogP contribution is 2.66. The van der Waals surface area contributed by atoms with E-state index >= 15 is 0 Å². The second kappa shape index (κ2) is 7.87. The van der Waals surface area contributed by atoms with Crippen molar-refractivity contribution < 1.29 is 14.7 Å². The lowest BCUT2D eigenvalue weighted by molar-refractivity contribution is -0.134. The maximum absolute atomic E-state index is 13.3.